The standard InChI is InChI=1S/C36H64O2Si/c1-24(2)25-15-20-36(23-38-39(11,12)31(3,4)5)22-21-34(9)26(30(25)36)13-14-28-33(8)18-17-29(37)32(6,7)27(33)16-19-35(28,34)10/h25-30,37H,1,13-23H2,2-12H3/t25?,26-,27?,28?,29+,30?,33+,34-,35-,36-/m1/s1. The predicted molar refractivity (Wildman–Crippen MR) is 168 cm³/mol. The van der Waals surface area contributed by atoms with Gasteiger partial charge in [0.2, 0.25) is 0 Å². The largest absolute Gasteiger partial charge is 0.416 e. The van der Waals surface area contributed by atoms with Gasteiger partial charge < -0.3 is 9.53 Å². The molecule has 0 aromatic heterocycles. The van der Waals surface area contributed by atoms with Crippen molar-refractivity contribution in [1.82, 2.24) is 0 Å². The van der Waals surface area contributed by atoms with Crippen molar-refractivity contribution in [3.63, 3.8) is 0 Å². The molecular formula is C36H64O2Si. The number of allylic oxidation sites excluding steroid dienone is 1. The first kappa shape index (κ1) is 30.3. The molecule has 2 nitrogen and oxygen atoms in total. The van der Waals surface area contributed by atoms with Crippen molar-refractivity contribution in [2.24, 2.45) is 56.7 Å². The summed E-state index contributed by atoms with van der Waals surface area (Å²) in [6.07, 6.45) is 12.8. The summed E-state index contributed by atoms with van der Waals surface area (Å²) in [4.78, 5) is 0. The van der Waals surface area contributed by atoms with Crippen molar-refractivity contribution in [2.45, 2.75) is 151 Å². The highest BCUT2D eigenvalue weighted by atomic mass is 28.4. The fourth-order valence-corrected chi connectivity index (χ4v) is 13.1. The Morgan fingerprint density at radius 1 is 0.846 bits per heavy atom. The molecule has 10 atom stereocenters. The summed E-state index contributed by atoms with van der Waals surface area (Å²) in [7, 11) is -1.80. The van der Waals surface area contributed by atoms with E-state index in [1.165, 1.54) is 63.4 Å². The topological polar surface area (TPSA) is 29.5 Å². The Morgan fingerprint density at radius 3 is 2.13 bits per heavy atom. The summed E-state index contributed by atoms with van der Waals surface area (Å²) in [5.41, 5.74) is 2.93. The average Bonchev–Trinajstić information content (AvgIpc) is 3.21. The maximum atomic E-state index is 11.0. The number of aliphatic hydroxyl groups is 1. The first-order valence-electron chi connectivity index (χ1n) is 16.7. The maximum Gasteiger partial charge on any atom is 0.192 e. The quantitative estimate of drug-likeness (QED) is 0.276. The monoisotopic (exact) mass is 556 g/mol. The molecule has 0 amide bonds. The molecule has 0 spiro atoms. The van der Waals surface area contributed by atoms with Gasteiger partial charge in [-0.3, -0.25) is 0 Å². The molecule has 5 aliphatic carbocycles. The van der Waals surface area contributed by atoms with Gasteiger partial charge in [-0.15, -0.1) is 0 Å². The van der Waals surface area contributed by atoms with E-state index >= 15 is 0 Å². The zero-order valence-corrected chi connectivity index (χ0v) is 28.8. The third-order valence-corrected chi connectivity index (χ3v) is 20.2. The van der Waals surface area contributed by atoms with E-state index in [2.05, 4.69) is 82.0 Å². The van der Waals surface area contributed by atoms with Gasteiger partial charge in [0, 0.05) is 6.61 Å². The van der Waals surface area contributed by atoms with Crippen LogP contribution in [0.3, 0.4) is 0 Å². The summed E-state index contributed by atoms with van der Waals surface area (Å²) in [5.74, 6) is 3.58. The molecule has 0 saturated heterocycles. The molecule has 5 rings (SSSR count). The van der Waals surface area contributed by atoms with Crippen LogP contribution in [0.25, 0.3) is 0 Å². The van der Waals surface area contributed by atoms with E-state index in [0.717, 1.165) is 30.8 Å². The van der Waals surface area contributed by atoms with Crippen LogP contribution in [0.2, 0.25) is 18.1 Å². The van der Waals surface area contributed by atoms with Gasteiger partial charge in [-0.25, -0.2) is 0 Å². The molecular weight excluding hydrogens is 492 g/mol. The molecule has 39 heavy (non-hydrogen) atoms. The van der Waals surface area contributed by atoms with Gasteiger partial charge in [-0.2, -0.15) is 0 Å². The van der Waals surface area contributed by atoms with E-state index in [0.29, 0.717) is 33.5 Å². The van der Waals surface area contributed by atoms with Gasteiger partial charge >= 0.3 is 0 Å². The van der Waals surface area contributed by atoms with E-state index in [9.17, 15) is 5.11 Å². The molecule has 0 aromatic carbocycles. The fourth-order valence-electron chi connectivity index (χ4n) is 12.1. The van der Waals surface area contributed by atoms with E-state index in [-0.39, 0.29) is 16.6 Å². The van der Waals surface area contributed by atoms with Gasteiger partial charge in [0.25, 0.3) is 0 Å². The maximum absolute atomic E-state index is 11.0. The second-order valence-corrected chi connectivity index (χ2v) is 23.3. The van der Waals surface area contributed by atoms with Gasteiger partial charge in [0.05, 0.1) is 6.10 Å². The van der Waals surface area contributed by atoms with Crippen LogP contribution < -0.4 is 0 Å². The van der Waals surface area contributed by atoms with E-state index in [1.807, 2.05) is 0 Å². The number of hydrogen-bond acceptors (Lipinski definition) is 2. The SMILES string of the molecule is C=C(C)C1CC[C@]2(CO[Si](C)(C)C(C)(C)C)CC[C@]3(C)[C@H](CCC4[C@@]5(C)CC[C@H](O)C(C)(C)C5CC[C@]43C)C12. The molecule has 5 fully saturated rings. The predicted octanol–water partition coefficient (Wildman–Crippen LogP) is 10.0. The minimum atomic E-state index is -1.80. The van der Waals surface area contributed by atoms with Crippen molar-refractivity contribution < 1.29 is 9.53 Å². The van der Waals surface area contributed by atoms with Crippen LogP contribution in [0.5, 0.6) is 0 Å². The lowest BCUT2D eigenvalue weighted by atomic mass is 9.32. The Morgan fingerprint density at radius 2 is 1.51 bits per heavy atom. The molecule has 224 valence electrons. The Bertz CT molecular complexity index is 977. The summed E-state index contributed by atoms with van der Waals surface area (Å²) in [5, 5.41) is 11.3. The van der Waals surface area contributed by atoms with Crippen molar-refractivity contribution in [3.05, 3.63) is 12.2 Å². The third-order valence-electron chi connectivity index (χ3n) is 15.7. The number of fused-ring (bicyclic) bond motifs is 7. The molecule has 1 N–H and O–H groups in total. The lowest BCUT2D eigenvalue weighted by Gasteiger charge is -2.73. The van der Waals surface area contributed by atoms with E-state index < -0.39 is 8.32 Å². The van der Waals surface area contributed by atoms with Gasteiger partial charge in [0.1, 0.15) is 0 Å². The lowest BCUT2D eigenvalue weighted by molar-refractivity contribution is -0.249. The molecule has 0 bridgehead atoms. The molecule has 0 radical (unpaired) electrons. The van der Waals surface area contributed by atoms with Gasteiger partial charge in [0.15, 0.2) is 8.32 Å². The highest BCUT2D eigenvalue weighted by Crippen LogP contribution is 2.77. The molecule has 3 heteroatoms. The first-order valence-corrected chi connectivity index (χ1v) is 19.7. The summed E-state index contributed by atoms with van der Waals surface area (Å²) >= 11 is 0. The fraction of sp³-hybridized carbons (Fsp3) is 0.944. The normalized spacial score (nSPS) is 49.4. The Hall–Kier alpha value is -0.123. The van der Waals surface area contributed by atoms with Crippen molar-refractivity contribution in [2.75, 3.05) is 6.61 Å². The number of rotatable bonds is 4. The smallest absolute Gasteiger partial charge is 0.192 e. The van der Waals surface area contributed by atoms with Crippen molar-refractivity contribution in [3.8, 4) is 0 Å². The van der Waals surface area contributed by atoms with E-state index in [4.69, 9.17) is 4.43 Å². The molecule has 5 saturated carbocycles. The van der Waals surface area contributed by atoms with Crippen LogP contribution in [-0.4, -0.2) is 26.1 Å². The number of hydrogen-bond donors (Lipinski definition) is 1. The molecule has 0 heterocycles. The van der Waals surface area contributed by atoms with Crippen molar-refractivity contribution in [1.29, 1.82) is 0 Å². The highest BCUT2D eigenvalue weighted by Gasteiger charge is 2.71. The van der Waals surface area contributed by atoms with Crippen LogP contribution in [0.1, 0.15) is 127 Å². The molecule has 0 aromatic rings. The van der Waals surface area contributed by atoms with Crippen LogP contribution in [-0.2, 0) is 4.43 Å². The van der Waals surface area contributed by atoms with Crippen LogP contribution in [0, 0.1) is 56.7 Å². The Labute approximate surface area is 243 Å². The van der Waals surface area contributed by atoms with E-state index in [1.54, 1.807) is 0 Å². The molecule has 5 aliphatic rings. The Kier molecular flexibility index (Phi) is 7.15. The van der Waals surface area contributed by atoms with Crippen LogP contribution in [0.4, 0.5) is 0 Å². The summed E-state index contributed by atoms with van der Waals surface area (Å²) in [6.45, 7) is 32.9. The lowest BCUT2D eigenvalue weighted by Crippen LogP contribution is -2.67. The van der Waals surface area contributed by atoms with Crippen molar-refractivity contribution >= 4 is 8.32 Å². The van der Waals surface area contributed by atoms with Gasteiger partial charge in [-0.1, -0.05) is 67.5 Å². The zero-order chi connectivity index (χ0) is 29.0. The second kappa shape index (κ2) is 9.19. The second-order valence-electron chi connectivity index (χ2n) is 18.5. The number of aliphatic hydroxyl groups excluding tert-OH is 1. The van der Waals surface area contributed by atoms with Crippen LogP contribution >= 0.6 is 0 Å². The third kappa shape index (κ3) is 4.11. The Balaban J connectivity index is 1.50. The molecule has 0 aliphatic heterocycles. The van der Waals surface area contributed by atoms with Crippen LogP contribution in [0.15, 0.2) is 12.2 Å². The zero-order valence-electron chi connectivity index (χ0n) is 27.8. The summed E-state index contributed by atoms with van der Waals surface area (Å²) in [6, 6.07) is 0. The minimum Gasteiger partial charge on any atom is -0.416 e. The highest BCUT2D eigenvalue weighted by molar-refractivity contribution is 6.74. The average molecular weight is 557 g/mol. The van der Waals surface area contributed by atoms with Gasteiger partial charge in [-0.05, 0) is 146 Å². The molecule has 4 unspecified atom stereocenters. The minimum absolute atomic E-state index is 0.0331. The first-order chi connectivity index (χ1) is 17.8. The summed E-state index contributed by atoms with van der Waals surface area (Å²) < 4.78 is 7.12.